The first-order valence-corrected chi connectivity index (χ1v) is 7.94. The molecule has 2 rings (SSSR count). The van der Waals surface area contributed by atoms with Crippen LogP contribution in [0.15, 0.2) is 58.6 Å². The van der Waals surface area contributed by atoms with Gasteiger partial charge in [-0.2, -0.15) is 5.26 Å². The summed E-state index contributed by atoms with van der Waals surface area (Å²) in [5, 5.41) is 9.28. The molecule has 0 aliphatic carbocycles. The number of benzene rings is 2. The van der Waals surface area contributed by atoms with Crippen molar-refractivity contribution in [1.29, 1.82) is 5.26 Å². The third kappa shape index (κ3) is 4.16. The van der Waals surface area contributed by atoms with Gasteiger partial charge >= 0.3 is 0 Å². The molecule has 0 radical (unpaired) electrons. The standard InChI is InChI=1S/C19H16BrNO/c1-2-4-14-7-9-16(10-8-14)19(22)17(13-21)11-15-5-3-6-18(20)12-15/h3,5-12H,2,4H2,1H3. The molecule has 0 spiro atoms. The average molecular weight is 354 g/mol. The van der Waals surface area contributed by atoms with Crippen molar-refractivity contribution in [2.45, 2.75) is 19.8 Å². The van der Waals surface area contributed by atoms with Gasteiger partial charge in [0.15, 0.2) is 0 Å². The molecule has 0 atom stereocenters. The lowest BCUT2D eigenvalue weighted by molar-refractivity contribution is 0.104. The number of nitriles is 1. The Bertz CT molecular complexity index is 739. The normalized spacial score (nSPS) is 11.0. The summed E-state index contributed by atoms with van der Waals surface area (Å²) in [6, 6.07) is 17.0. The number of allylic oxidation sites excluding steroid dienone is 1. The first-order chi connectivity index (χ1) is 10.6. The molecule has 2 aromatic carbocycles. The van der Waals surface area contributed by atoms with Gasteiger partial charge in [-0.25, -0.2) is 0 Å². The van der Waals surface area contributed by atoms with Crippen LogP contribution in [0.1, 0.15) is 34.8 Å². The predicted octanol–water partition coefficient (Wildman–Crippen LogP) is 5.19. The molecule has 0 bridgehead atoms. The molecule has 0 heterocycles. The third-order valence-electron chi connectivity index (χ3n) is 3.28. The fraction of sp³-hybridized carbons (Fsp3) is 0.158. The zero-order valence-corrected chi connectivity index (χ0v) is 13.9. The predicted molar refractivity (Wildman–Crippen MR) is 92.5 cm³/mol. The number of hydrogen-bond acceptors (Lipinski definition) is 2. The van der Waals surface area contributed by atoms with Crippen molar-refractivity contribution in [3.8, 4) is 6.07 Å². The van der Waals surface area contributed by atoms with Crippen LogP contribution in [0.2, 0.25) is 0 Å². The minimum atomic E-state index is -0.245. The zero-order valence-electron chi connectivity index (χ0n) is 12.3. The first-order valence-electron chi connectivity index (χ1n) is 7.15. The van der Waals surface area contributed by atoms with E-state index in [9.17, 15) is 10.1 Å². The summed E-state index contributed by atoms with van der Waals surface area (Å²) in [6.45, 7) is 2.12. The molecule has 0 aromatic heterocycles. The monoisotopic (exact) mass is 353 g/mol. The quantitative estimate of drug-likeness (QED) is 0.421. The minimum absolute atomic E-state index is 0.140. The second-order valence-electron chi connectivity index (χ2n) is 5.00. The van der Waals surface area contributed by atoms with Crippen molar-refractivity contribution in [2.75, 3.05) is 0 Å². The number of nitrogens with zero attached hydrogens (tertiary/aromatic N) is 1. The number of ketones is 1. The van der Waals surface area contributed by atoms with Crippen molar-refractivity contribution in [3.05, 3.63) is 75.3 Å². The Labute approximate surface area is 139 Å². The van der Waals surface area contributed by atoms with E-state index in [1.54, 1.807) is 18.2 Å². The topological polar surface area (TPSA) is 40.9 Å². The zero-order chi connectivity index (χ0) is 15.9. The van der Waals surface area contributed by atoms with Crippen LogP contribution >= 0.6 is 15.9 Å². The Morgan fingerprint density at radius 1 is 1.23 bits per heavy atom. The second kappa shape index (κ2) is 7.72. The van der Waals surface area contributed by atoms with Crippen LogP contribution in [0.3, 0.4) is 0 Å². The van der Waals surface area contributed by atoms with Gasteiger partial charge in [-0.15, -0.1) is 0 Å². The maximum absolute atomic E-state index is 12.4. The third-order valence-corrected chi connectivity index (χ3v) is 3.77. The summed E-state index contributed by atoms with van der Waals surface area (Å²) in [4.78, 5) is 12.4. The minimum Gasteiger partial charge on any atom is -0.288 e. The van der Waals surface area contributed by atoms with E-state index in [2.05, 4.69) is 22.9 Å². The molecule has 0 aliphatic rings. The van der Waals surface area contributed by atoms with Crippen LogP contribution in [-0.4, -0.2) is 5.78 Å². The van der Waals surface area contributed by atoms with Gasteiger partial charge in [0.1, 0.15) is 11.6 Å². The van der Waals surface area contributed by atoms with Crippen molar-refractivity contribution < 1.29 is 4.79 Å². The van der Waals surface area contributed by atoms with E-state index in [1.165, 1.54) is 5.56 Å². The van der Waals surface area contributed by atoms with Gasteiger partial charge in [0.05, 0.1) is 0 Å². The molecule has 0 saturated heterocycles. The van der Waals surface area contributed by atoms with Crippen molar-refractivity contribution in [2.24, 2.45) is 0 Å². The fourth-order valence-electron chi connectivity index (χ4n) is 2.18. The molecule has 22 heavy (non-hydrogen) atoms. The number of carbonyl (C=O) groups is 1. The van der Waals surface area contributed by atoms with Crippen LogP contribution < -0.4 is 0 Å². The van der Waals surface area contributed by atoms with Gasteiger partial charge in [-0.3, -0.25) is 4.79 Å². The van der Waals surface area contributed by atoms with Gasteiger partial charge in [0, 0.05) is 10.0 Å². The highest BCUT2D eigenvalue weighted by molar-refractivity contribution is 9.10. The van der Waals surface area contributed by atoms with E-state index in [1.807, 2.05) is 42.5 Å². The maximum Gasteiger partial charge on any atom is 0.203 e. The molecule has 3 heteroatoms. The molecule has 0 saturated carbocycles. The molecule has 0 N–H and O–H groups in total. The molecule has 0 amide bonds. The Balaban J connectivity index is 2.27. The number of halogens is 1. The van der Waals surface area contributed by atoms with Crippen LogP contribution in [0.25, 0.3) is 6.08 Å². The Morgan fingerprint density at radius 2 is 1.95 bits per heavy atom. The van der Waals surface area contributed by atoms with Crippen LogP contribution in [0, 0.1) is 11.3 Å². The van der Waals surface area contributed by atoms with Gasteiger partial charge in [-0.1, -0.05) is 65.7 Å². The molecule has 0 aliphatic heterocycles. The van der Waals surface area contributed by atoms with Gasteiger partial charge in [0.25, 0.3) is 0 Å². The molecule has 2 nitrogen and oxygen atoms in total. The van der Waals surface area contributed by atoms with Crippen LogP contribution in [-0.2, 0) is 6.42 Å². The lowest BCUT2D eigenvalue weighted by Crippen LogP contribution is -2.02. The Morgan fingerprint density at radius 3 is 2.55 bits per heavy atom. The van der Waals surface area contributed by atoms with Gasteiger partial charge in [-0.05, 0) is 35.8 Å². The van der Waals surface area contributed by atoms with E-state index in [0.29, 0.717) is 5.56 Å². The highest BCUT2D eigenvalue weighted by Crippen LogP contribution is 2.17. The van der Waals surface area contributed by atoms with E-state index in [4.69, 9.17) is 0 Å². The number of hydrogen-bond donors (Lipinski definition) is 0. The van der Waals surface area contributed by atoms with Crippen molar-refractivity contribution >= 4 is 27.8 Å². The Kier molecular flexibility index (Phi) is 5.68. The van der Waals surface area contributed by atoms with Crippen molar-refractivity contribution in [3.63, 3.8) is 0 Å². The molecule has 0 unspecified atom stereocenters. The van der Waals surface area contributed by atoms with E-state index >= 15 is 0 Å². The SMILES string of the molecule is CCCc1ccc(C(=O)C(C#N)=Cc2cccc(Br)c2)cc1. The summed E-state index contributed by atoms with van der Waals surface area (Å²) in [5.74, 6) is -0.245. The lowest BCUT2D eigenvalue weighted by atomic mass is 10.00. The summed E-state index contributed by atoms with van der Waals surface area (Å²) in [7, 11) is 0. The summed E-state index contributed by atoms with van der Waals surface area (Å²) in [5.41, 5.74) is 2.71. The second-order valence-corrected chi connectivity index (χ2v) is 5.92. The largest absolute Gasteiger partial charge is 0.288 e. The summed E-state index contributed by atoms with van der Waals surface area (Å²) >= 11 is 3.38. The number of Topliss-reactive ketones (excluding diaryl/α,β-unsaturated/α-hetero) is 1. The van der Waals surface area contributed by atoms with E-state index < -0.39 is 0 Å². The van der Waals surface area contributed by atoms with Gasteiger partial charge < -0.3 is 0 Å². The summed E-state index contributed by atoms with van der Waals surface area (Å²) in [6.07, 6.45) is 3.68. The smallest absolute Gasteiger partial charge is 0.203 e. The molecular formula is C19H16BrNO. The number of rotatable bonds is 5. The highest BCUT2D eigenvalue weighted by Gasteiger charge is 2.12. The van der Waals surface area contributed by atoms with Gasteiger partial charge in [0.2, 0.25) is 5.78 Å². The molecular weight excluding hydrogens is 338 g/mol. The number of carbonyl (C=O) groups excluding carboxylic acids is 1. The maximum atomic E-state index is 12.4. The lowest BCUT2D eigenvalue weighted by Gasteiger charge is -2.03. The summed E-state index contributed by atoms with van der Waals surface area (Å²) < 4.78 is 0.912. The Hall–Kier alpha value is -2.18. The molecule has 110 valence electrons. The number of aryl methyl sites for hydroxylation is 1. The first kappa shape index (κ1) is 16.2. The fourth-order valence-corrected chi connectivity index (χ4v) is 2.60. The van der Waals surface area contributed by atoms with Crippen molar-refractivity contribution in [1.82, 2.24) is 0 Å². The van der Waals surface area contributed by atoms with Crippen LogP contribution in [0.5, 0.6) is 0 Å². The van der Waals surface area contributed by atoms with E-state index in [-0.39, 0.29) is 11.4 Å². The van der Waals surface area contributed by atoms with E-state index in [0.717, 1.165) is 22.9 Å². The molecule has 0 fully saturated rings. The van der Waals surface area contributed by atoms with Crippen LogP contribution in [0.4, 0.5) is 0 Å². The molecule has 2 aromatic rings. The highest BCUT2D eigenvalue weighted by atomic mass is 79.9. The average Bonchev–Trinajstić information content (AvgIpc) is 2.53.